The molecule has 1 aliphatic rings. The first-order valence-electron chi connectivity index (χ1n) is 5.93. The van der Waals surface area contributed by atoms with Crippen LogP contribution in [0, 0.1) is 0 Å². The van der Waals surface area contributed by atoms with Gasteiger partial charge in [0.2, 0.25) is 5.91 Å². The van der Waals surface area contributed by atoms with Crippen LogP contribution in [-0.2, 0) is 20.7 Å². The fourth-order valence-electron chi connectivity index (χ4n) is 1.94. The van der Waals surface area contributed by atoms with E-state index >= 15 is 0 Å². The molecule has 1 heterocycles. The number of carboxylic acid groups (broad SMARTS) is 1. The number of nitrogens with zero attached hydrogens (tertiary/aromatic N) is 1. The molecule has 0 saturated carbocycles. The summed E-state index contributed by atoms with van der Waals surface area (Å²) in [7, 11) is 0. The maximum absolute atomic E-state index is 12.1. The van der Waals surface area contributed by atoms with Gasteiger partial charge in [-0.05, 0) is 11.6 Å². The maximum atomic E-state index is 12.1. The highest BCUT2D eigenvalue weighted by atomic mass is 35.5. The van der Waals surface area contributed by atoms with Crippen molar-refractivity contribution < 1.29 is 19.4 Å². The molecular formula is C13H14ClNO4. The second-order valence-corrected chi connectivity index (χ2v) is 4.71. The first-order chi connectivity index (χ1) is 9.08. The van der Waals surface area contributed by atoms with E-state index in [0.29, 0.717) is 11.6 Å². The highest BCUT2D eigenvalue weighted by molar-refractivity contribution is 6.31. The molecule has 1 aliphatic heterocycles. The second-order valence-electron chi connectivity index (χ2n) is 4.31. The molecule has 19 heavy (non-hydrogen) atoms. The van der Waals surface area contributed by atoms with E-state index in [9.17, 15) is 9.59 Å². The second kappa shape index (κ2) is 6.04. The van der Waals surface area contributed by atoms with E-state index in [1.807, 2.05) is 6.07 Å². The monoisotopic (exact) mass is 283 g/mol. The minimum absolute atomic E-state index is 0.0820. The quantitative estimate of drug-likeness (QED) is 0.905. The van der Waals surface area contributed by atoms with Crippen LogP contribution >= 0.6 is 11.6 Å². The van der Waals surface area contributed by atoms with Crippen LogP contribution in [0.4, 0.5) is 0 Å². The molecule has 2 rings (SSSR count). The zero-order valence-electron chi connectivity index (χ0n) is 10.2. The summed E-state index contributed by atoms with van der Waals surface area (Å²) < 4.78 is 5.07. The third kappa shape index (κ3) is 3.45. The molecule has 1 saturated heterocycles. The van der Waals surface area contributed by atoms with E-state index in [4.69, 9.17) is 21.4 Å². The maximum Gasteiger partial charge on any atom is 0.334 e. The Morgan fingerprint density at radius 1 is 1.42 bits per heavy atom. The van der Waals surface area contributed by atoms with Gasteiger partial charge in [0.05, 0.1) is 19.6 Å². The molecule has 5 nitrogen and oxygen atoms in total. The van der Waals surface area contributed by atoms with E-state index in [-0.39, 0.29) is 25.5 Å². The highest BCUT2D eigenvalue weighted by Crippen LogP contribution is 2.17. The lowest BCUT2D eigenvalue weighted by molar-refractivity contribution is -0.159. The standard InChI is InChI=1S/C13H14ClNO4/c14-10-4-2-1-3-9(10)7-12(16)15-5-6-19-11(8-15)13(17)18/h1-4,11H,5-8H2,(H,17,18)/t11-/m0/s1. The summed E-state index contributed by atoms with van der Waals surface area (Å²) in [5.41, 5.74) is 0.743. The number of ether oxygens (including phenoxy) is 1. The third-order valence-electron chi connectivity index (χ3n) is 2.99. The summed E-state index contributed by atoms with van der Waals surface area (Å²) in [4.78, 5) is 24.5. The van der Waals surface area contributed by atoms with Crippen molar-refractivity contribution in [2.75, 3.05) is 19.7 Å². The van der Waals surface area contributed by atoms with Crippen LogP contribution in [0.25, 0.3) is 0 Å². The third-order valence-corrected chi connectivity index (χ3v) is 3.36. The molecule has 1 aromatic rings. The number of carbonyl (C=O) groups excluding carboxylic acids is 1. The summed E-state index contributed by atoms with van der Waals surface area (Å²) in [5.74, 6) is -1.18. The molecule has 1 amide bonds. The zero-order valence-corrected chi connectivity index (χ0v) is 11.0. The summed E-state index contributed by atoms with van der Waals surface area (Å²) >= 11 is 6.00. The molecule has 1 fully saturated rings. The van der Waals surface area contributed by atoms with Crippen LogP contribution in [0.5, 0.6) is 0 Å². The van der Waals surface area contributed by atoms with Gasteiger partial charge in [0.25, 0.3) is 0 Å². The Hall–Kier alpha value is -1.59. The van der Waals surface area contributed by atoms with Gasteiger partial charge >= 0.3 is 5.97 Å². The number of carboxylic acids is 1. The average Bonchev–Trinajstić information content (AvgIpc) is 2.41. The number of rotatable bonds is 3. The van der Waals surface area contributed by atoms with Gasteiger partial charge in [-0.25, -0.2) is 4.79 Å². The molecular weight excluding hydrogens is 270 g/mol. The van der Waals surface area contributed by atoms with Crippen molar-refractivity contribution >= 4 is 23.5 Å². The van der Waals surface area contributed by atoms with Crippen molar-refractivity contribution in [2.24, 2.45) is 0 Å². The normalized spacial score (nSPS) is 19.2. The van der Waals surface area contributed by atoms with Crippen molar-refractivity contribution in [1.82, 2.24) is 4.90 Å². The van der Waals surface area contributed by atoms with E-state index in [1.54, 1.807) is 18.2 Å². The van der Waals surface area contributed by atoms with Crippen LogP contribution in [0.3, 0.4) is 0 Å². The predicted molar refractivity (Wildman–Crippen MR) is 69.1 cm³/mol. The summed E-state index contributed by atoms with van der Waals surface area (Å²) in [6.07, 6.45) is -0.768. The Labute approximate surface area is 115 Å². The molecule has 1 aromatic carbocycles. The lowest BCUT2D eigenvalue weighted by Crippen LogP contribution is -2.49. The Kier molecular flexibility index (Phi) is 4.39. The minimum atomic E-state index is -1.05. The van der Waals surface area contributed by atoms with Crippen molar-refractivity contribution in [3.63, 3.8) is 0 Å². The number of halogens is 1. The molecule has 0 aliphatic carbocycles. The number of hydrogen-bond donors (Lipinski definition) is 1. The van der Waals surface area contributed by atoms with Crippen molar-refractivity contribution in [3.8, 4) is 0 Å². The number of benzene rings is 1. The molecule has 102 valence electrons. The smallest absolute Gasteiger partial charge is 0.334 e. The number of morpholine rings is 1. The Morgan fingerprint density at radius 3 is 2.84 bits per heavy atom. The van der Waals surface area contributed by atoms with Crippen molar-refractivity contribution in [2.45, 2.75) is 12.5 Å². The topological polar surface area (TPSA) is 66.8 Å². The van der Waals surface area contributed by atoms with E-state index in [0.717, 1.165) is 5.56 Å². The molecule has 6 heteroatoms. The predicted octanol–water partition coefficient (Wildman–Crippen LogP) is 1.19. The lowest BCUT2D eigenvalue weighted by Gasteiger charge is -2.31. The van der Waals surface area contributed by atoms with Gasteiger partial charge in [-0.15, -0.1) is 0 Å². The minimum Gasteiger partial charge on any atom is -0.479 e. The molecule has 0 bridgehead atoms. The Morgan fingerprint density at radius 2 is 2.16 bits per heavy atom. The summed E-state index contributed by atoms with van der Waals surface area (Å²) in [6.45, 7) is 0.733. The van der Waals surface area contributed by atoms with Gasteiger partial charge in [-0.1, -0.05) is 29.8 Å². The SMILES string of the molecule is O=C(O)[C@@H]1CN(C(=O)Cc2ccccc2Cl)CCO1. The fraction of sp³-hybridized carbons (Fsp3) is 0.385. The first-order valence-corrected chi connectivity index (χ1v) is 6.31. The number of hydrogen-bond acceptors (Lipinski definition) is 3. The fourth-order valence-corrected chi connectivity index (χ4v) is 2.14. The highest BCUT2D eigenvalue weighted by Gasteiger charge is 2.28. The summed E-state index contributed by atoms with van der Waals surface area (Å²) in [5, 5.41) is 9.43. The van der Waals surface area contributed by atoms with Crippen LogP contribution in [-0.4, -0.2) is 47.7 Å². The van der Waals surface area contributed by atoms with Gasteiger partial charge in [0.15, 0.2) is 6.10 Å². The number of amides is 1. The average molecular weight is 284 g/mol. The first kappa shape index (κ1) is 13.8. The van der Waals surface area contributed by atoms with Gasteiger partial charge in [-0.2, -0.15) is 0 Å². The van der Waals surface area contributed by atoms with Crippen molar-refractivity contribution in [1.29, 1.82) is 0 Å². The number of carbonyl (C=O) groups is 2. The molecule has 1 N–H and O–H groups in total. The van der Waals surface area contributed by atoms with Gasteiger partial charge in [-0.3, -0.25) is 4.79 Å². The lowest BCUT2D eigenvalue weighted by atomic mass is 10.1. The van der Waals surface area contributed by atoms with Crippen LogP contribution < -0.4 is 0 Å². The largest absolute Gasteiger partial charge is 0.479 e. The Balaban J connectivity index is 2.00. The molecule has 0 spiro atoms. The van der Waals surface area contributed by atoms with E-state index in [1.165, 1.54) is 4.90 Å². The van der Waals surface area contributed by atoms with E-state index in [2.05, 4.69) is 0 Å². The zero-order chi connectivity index (χ0) is 13.8. The van der Waals surface area contributed by atoms with Gasteiger partial charge < -0.3 is 14.7 Å². The number of aliphatic carboxylic acids is 1. The molecule has 0 aromatic heterocycles. The Bertz CT molecular complexity index is 491. The van der Waals surface area contributed by atoms with Gasteiger partial charge in [0, 0.05) is 11.6 Å². The van der Waals surface area contributed by atoms with Crippen LogP contribution in [0.2, 0.25) is 5.02 Å². The molecule has 0 unspecified atom stereocenters. The van der Waals surface area contributed by atoms with Gasteiger partial charge in [0.1, 0.15) is 0 Å². The molecule has 0 radical (unpaired) electrons. The summed E-state index contributed by atoms with van der Waals surface area (Å²) in [6, 6.07) is 7.12. The van der Waals surface area contributed by atoms with Crippen LogP contribution in [0.15, 0.2) is 24.3 Å². The van der Waals surface area contributed by atoms with Crippen LogP contribution in [0.1, 0.15) is 5.56 Å². The van der Waals surface area contributed by atoms with E-state index < -0.39 is 12.1 Å². The van der Waals surface area contributed by atoms with Crippen molar-refractivity contribution in [3.05, 3.63) is 34.9 Å². The molecule has 1 atom stereocenters.